The summed E-state index contributed by atoms with van der Waals surface area (Å²) in [5.74, 6) is -0.821. The van der Waals surface area contributed by atoms with Gasteiger partial charge in [-0.2, -0.15) is 0 Å². The Kier molecular flexibility index (Phi) is 1.27. The number of fused-ring (bicyclic) bond motifs is 1. The average Bonchev–Trinajstić information content (AvgIpc) is 2.58. The van der Waals surface area contributed by atoms with E-state index in [1.54, 1.807) is 0 Å². The number of epoxide rings is 1. The van der Waals surface area contributed by atoms with Gasteiger partial charge in [0.15, 0.2) is 0 Å². The van der Waals surface area contributed by atoms with Gasteiger partial charge >= 0.3 is 5.97 Å². The van der Waals surface area contributed by atoms with E-state index in [1.165, 1.54) is 0 Å². The van der Waals surface area contributed by atoms with Crippen LogP contribution in [0, 0.1) is 5.92 Å². The van der Waals surface area contributed by atoms with Crippen molar-refractivity contribution in [2.24, 2.45) is 5.92 Å². The van der Waals surface area contributed by atoms with Gasteiger partial charge in [0.25, 0.3) is 0 Å². The number of hydrogen-bond acceptors (Lipinski definition) is 2. The van der Waals surface area contributed by atoms with Crippen molar-refractivity contribution in [3.05, 3.63) is 0 Å². The quantitative estimate of drug-likeness (QED) is 0.577. The Hall–Kier alpha value is -0.570. The predicted molar refractivity (Wildman–Crippen MR) is 38.3 cm³/mol. The van der Waals surface area contributed by atoms with Crippen LogP contribution in [0.2, 0.25) is 0 Å². The first-order chi connectivity index (χ1) is 5.12. The van der Waals surface area contributed by atoms with Gasteiger partial charge in [0.2, 0.25) is 0 Å². The van der Waals surface area contributed by atoms with Crippen LogP contribution in [0.5, 0.6) is 0 Å². The molecular formula is C8H12O3. The maximum atomic E-state index is 10.6. The van der Waals surface area contributed by atoms with Crippen LogP contribution in [0.4, 0.5) is 0 Å². The highest BCUT2D eigenvalue weighted by molar-refractivity contribution is 5.70. The predicted octanol–water partition coefficient (Wildman–Crippen LogP) is 1.03. The van der Waals surface area contributed by atoms with Crippen molar-refractivity contribution in [3.8, 4) is 0 Å². The summed E-state index contributed by atoms with van der Waals surface area (Å²) in [6, 6.07) is 0. The fourth-order valence-corrected chi connectivity index (χ4v) is 1.87. The first-order valence-electron chi connectivity index (χ1n) is 4.02. The highest BCUT2D eigenvalue weighted by atomic mass is 16.6. The highest BCUT2D eigenvalue weighted by Gasteiger charge is 2.56. The fourth-order valence-electron chi connectivity index (χ4n) is 1.87. The Morgan fingerprint density at radius 2 is 2.45 bits per heavy atom. The molecule has 3 nitrogen and oxygen atoms in total. The van der Waals surface area contributed by atoms with Crippen molar-refractivity contribution >= 4 is 5.97 Å². The smallest absolute Gasteiger partial charge is 0.306 e. The van der Waals surface area contributed by atoms with Crippen LogP contribution in [0.15, 0.2) is 0 Å². The lowest BCUT2D eigenvalue weighted by Gasteiger charge is -2.17. The summed E-state index contributed by atoms with van der Waals surface area (Å²) in [7, 11) is 0. The van der Waals surface area contributed by atoms with Crippen molar-refractivity contribution in [3.63, 3.8) is 0 Å². The third kappa shape index (κ3) is 1.03. The van der Waals surface area contributed by atoms with Gasteiger partial charge in [0.1, 0.15) is 0 Å². The van der Waals surface area contributed by atoms with E-state index in [9.17, 15) is 4.79 Å². The largest absolute Gasteiger partial charge is 0.481 e. The van der Waals surface area contributed by atoms with E-state index >= 15 is 0 Å². The summed E-state index contributed by atoms with van der Waals surface area (Å²) in [5.41, 5.74) is 0.0476. The summed E-state index contributed by atoms with van der Waals surface area (Å²) in [5, 5.41) is 8.70. The van der Waals surface area contributed by atoms with Crippen molar-refractivity contribution in [2.75, 3.05) is 0 Å². The lowest BCUT2D eigenvalue weighted by Crippen LogP contribution is -2.26. The van der Waals surface area contributed by atoms with E-state index in [0.29, 0.717) is 6.42 Å². The molecule has 62 valence electrons. The molecule has 3 atom stereocenters. The number of carbonyl (C=O) groups is 1. The zero-order chi connectivity index (χ0) is 8.06. The summed E-state index contributed by atoms with van der Waals surface area (Å²) < 4.78 is 5.38. The first kappa shape index (κ1) is 7.10. The molecule has 2 rings (SSSR count). The molecule has 3 heteroatoms. The summed E-state index contributed by atoms with van der Waals surface area (Å²) >= 11 is 0. The summed E-state index contributed by atoms with van der Waals surface area (Å²) in [4.78, 5) is 10.6. The molecule has 0 aromatic heterocycles. The van der Waals surface area contributed by atoms with Crippen LogP contribution < -0.4 is 0 Å². The van der Waals surface area contributed by atoms with E-state index in [4.69, 9.17) is 9.84 Å². The van der Waals surface area contributed by atoms with E-state index in [2.05, 4.69) is 6.92 Å². The zero-order valence-electron chi connectivity index (χ0n) is 6.54. The standard InChI is InChI=1S/C8H12O3/c1-8-3-2-5(7(9)10)4-6(8)11-8/h5-6H,2-4H2,1H3,(H,9,10). The Balaban J connectivity index is 1.98. The van der Waals surface area contributed by atoms with Crippen LogP contribution in [0.3, 0.4) is 0 Å². The molecule has 1 saturated heterocycles. The molecule has 0 aromatic rings. The first-order valence-corrected chi connectivity index (χ1v) is 4.02. The zero-order valence-corrected chi connectivity index (χ0v) is 6.54. The Morgan fingerprint density at radius 1 is 1.73 bits per heavy atom. The minimum absolute atomic E-state index is 0.0476. The van der Waals surface area contributed by atoms with Crippen LogP contribution in [-0.2, 0) is 9.53 Å². The number of aliphatic carboxylic acids is 1. The molecular weight excluding hydrogens is 144 g/mol. The third-order valence-corrected chi connectivity index (χ3v) is 2.87. The molecule has 1 aliphatic heterocycles. The number of carboxylic acid groups (broad SMARTS) is 1. The SMILES string of the molecule is CC12CCC(C(=O)O)CC1O2. The highest BCUT2D eigenvalue weighted by Crippen LogP contribution is 2.49. The van der Waals surface area contributed by atoms with Crippen LogP contribution >= 0.6 is 0 Å². The average molecular weight is 156 g/mol. The van der Waals surface area contributed by atoms with Crippen molar-refractivity contribution in [1.82, 2.24) is 0 Å². The van der Waals surface area contributed by atoms with E-state index in [1.807, 2.05) is 0 Å². The Labute approximate surface area is 65.4 Å². The van der Waals surface area contributed by atoms with E-state index in [0.717, 1.165) is 12.8 Å². The molecule has 11 heavy (non-hydrogen) atoms. The molecule has 2 aliphatic rings. The number of hydrogen-bond donors (Lipinski definition) is 1. The van der Waals surface area contributed by atoms with Crippen molar-refractivity contribution < 1.29 is 14.6 Å². The second-order valence-corrected chi connectivity index (χ2v) is 3.73. The number of ether oxygens (including phenoxy) is 1. The molecule has 0 bridgehead atoms. The van der Waals surface area contributed by atoms with Gasteiger partial charge in [-0.05, 0) is 26.2 Å². The van der Waals surface area contributed by atoms with Gasteiger partial charge < -0.3 is 9.84 Å². The van der Waals surface area contributed by atoms with Gasteiger partial charge in [-0.3, -0.25) is 4.79 Å². The molecule has 1 heterocycles. The normalized spacial score (nSPS) is 48.1. The van der Waals surface area contributed by atoms with Gasteiger partial charge in [-0.15, -0.1) is 0 Å². The molecule has 2 fully saturated rings. The maximum absolute atomic E-state index is 10.6. The minimum Gasteiger partial charge on any atom is -0.481 e. The van der Waals surface area contributed by atoms with Crippen molar-refractivity contribution in [1.29, 1.82) is 0 Å². The molecule has 0 spiro atoms. The molecule has 3 unspecified atom stereocenters. The number of carboxylic acids is 1. The minimum atomic E-state index is -0.664. The van der Waals surface area contributed by atoms with Crippen LogP contribution in [0.25, 0.3) is 0 Å². The monoisotopic (exact) mass is 156 g/mol. The molecule has 0 amide bonds. The second kappa shape index (κ2) is 1.97. The van der Waals surface area contributed by atoms with Gasteiger partial charge in [-0.1, -0.05) is 0 Å². The maximum Gasteiger partial charge on any atom is 0.306 e. The topological polar surface area (TPSA) is 49.8 Å². The Bertz CT molecular complexity index is 202. The van der Waals surface area contributed by atoms with Crippen LogP contribution in [0.1, 0.15) is 26.2 Å². The van der Waals surface area contributed by atoms with Crippen LogP contribution in [-0.4, -0.2) is 22.8 Å². The van der Waals surface area contributed by atoms with Gasteiger partial charge in [0, 0.05) is 0 Å². The second-order valence-electron chi connectivity index (χ2n) is 3.73. The molecule has 0 radical (unpaired) electrons. The third-order valence-electron chi connectivity index (χ3n) is 2.87. The number of rotatable bonds is 1. The molecule has 1 N–H and O–H groups in total. The lowest BCUT2D eigenvalue weighted by molar-refractivity contribution is -0.142. The van der Waals surface area contributed by atoms with Gasteiger partial charge in [-0.25, -0.2) is 0 Å². The molecule has 1 aliphatic carbocycles. The van der Waals surface area contributed by atoms with E-state index in [-0.39, 0.29) is 17.6 Å². The van der Waals surface area contributed by atoms with E-state index < -0.39 is 5.97 Å². The summed E-state index contributed by atoms with van der Waals surface area (Å²) in [6.45, 7) is 2.07. The fraction of sp³-hybridized carbons (Fsp3) is 0.875. The van der Waals surface area contributed by atoms with Gasteiger partial charge in [0.05, 0.1) is 17.6 Å². The summed E-state index contributed by atoms with van der Waals surface area (Å²) in [6.07, 6.45) is 2.64. The molecule has 1 saturated carbocycles. The Morgan fingerprint density at radius 3 is 3.00 bits per heavy atom. The molecule has 0 aromatic carbocycles. The lowest BCUT2D eigenvalue weighted by atomic mass is 9.83. The van der Waals surface area contributed by atoms with Crippen molar-refractivity contribution in [2.45, 2.75) is 37.9 Å².